The molecule has 3 aromatic rings. The van der Waals surface area contributed by atoms with Crippen molar-refractivity contribution in [1.29, 1.82) is 0 Å². The zero-order valence-corrected chi connectivity index (χ0v) is 16.9. The van der Waals surface area contributed by atoms with E-state index in [1.165, 1.54) is 11.1 Å². The molecule has 1 aliphatic rings. The maximum atomic E-state index is 10.1. The minimum absolute atomic E-state index is 0.173. The third kappa shape index (κ3) is 5.00. The summed E-state index contributed by atoms with van der Waals surface area (Å²) < 4.78 is 5.85. The second-order valence-electron chi connectivity index (χ2n) is 7.63. The third-order valence-electron chi connectivity index (χ3n) is 5.47. The monoisotopic (exact) mass is 404 g/mol. The summed E-state index contributed by atoms with van der Waals surface area (Å²) in [5.74, 6) is 0. The molecular weight excluding hydrogens is 376 g/mol. The Morgan fingerprint density at radius 3 is 1.97 bits per heavy atom. The van der Waals surface area contributed by atoms with Crippen LogP contribution in [0, 0.1) is 0 Å². The van der Waals surface area contributed by atoms with Gasteiger partial charge in [0.15, 0.2) is 0 Å². The number of benzene rings is 3. The van der Waals surface area contributed by atoms with Crippen LogP contribution in [-0.4, -0.2) is 29.0 Å². The Hall–Kier alpha value is -2.86. The lowest BCUT2D eigenvalue weighted by molar-refractivity contribution is -0.0225. The summed E-state index contributed by atoms with van der Waals surface area (Å²) in [5.41, 5.74) is 5.40. The molecule has 0 saturated carbocycles. The van der Waals surface area contributed by atoms with Crippen molar-refractivity contribution in [1.82, 2.24) is 0 Å². The molecule has 1 heterocycles. The average molecular weight is 405 g/mol. The van der Waals surface area contributed by atoms with Crippen LogP contribution < -0.4 is 10.6 Å². The summed E-state index contributed by atoms with van der Waals surface area (Å²) in [6.45, 7) is 1.26. The van der Waals surface area contributed by atoms with Crippen LogP contribution in [0.3, 0.4) is 0 Å². The minimum Gasteiger partial charge on any atom is -0.394 e. The van der Waals surface area contributed by atoms with Gasteiger partial charge >= 0.3 is 0 Å². The maximum absolute atomic E-state index is 10.1. The molecule has 5 heteroatoms. The molecule has 1 aliphatic heterocycles. The smallest absolute Gasteiger partial charge is 0.107 e. The Morgan fingerprint density at radius 2 is 1.40 bits per heavy atom. The highest BCUT2D eigenvalue weighted by Gasteiger charge is 2.34. The van der Waals surface area contributed by atoms with E-state index in [0.717, 1.165) is 23.5 Å². The third-order valence-corrected chi connectivity index (χ3v) is 5.47. The van der Waals surface area contributed by atoms with E-state index in [0.29, 0.717) is 13.0 Å². The van der Waals surface area contributed by atoms with Crippen molar-refractivity contribution in [3.63, 3.8) is 0 Å². The molecule has 156 valence electrons. The van der Waals surface area contributed by atoms with E-state index in [1.807, 2.05) is 48.5 Å². The lowest BCUT2D eigenvalue weighted by Gasteiger charge is -2.18. The van der Waals surface area contributed by atoms with Gasteiger partial charge in [-0.25, -0.2) is 0 Å². The average Bonchev–Trinajstić information content (AvgIpc) is 3.18. The summed E-state index contributed by atoms with van der Waals surface area (Å²) in [4.78, 5) is 0. The van der Waals surface area contributed by atoms with Crippen molar-refractivity contribution >= 4 is 11.4 Å². The number of nitrogens with one attached hydrogen (secondary N) is 2. The molecule has 0 spiro atoms. The molecule has 3 aromatic carbocycles. The van der Waals surface area contributed by atoms with Crippen LogP contribution in [0.15, 0.2) is 78.9 Å². The molecule has 0 aliphatic carbocycles. The van der Waals surface area contributed by atoms with Gasteiger partial charge in [-0.3, -0.25) is 0 Å². The Labute approximate surface area is 177 Å². The first-order chi connectivity index (χ1) is 14.7. The Balaban J connectivity index is 1.53. The first-order valence-electron chi connectivity index (χ1n) is 10.4. The van der Waals surface area contributed by atoms with Gasteiger partial charge in [-0.1, -0.05) is 66.7 Å². The predicted octanol–water partition coefficient (Wildman–Crippen LogP) is 4.09. The summed E-state index contributed by atoms with van der Waals surface area (Å²) in [7, 11) is 0. The summed E-state index contributed by atoms with van der Waals surface area (Å²) in [5, 5.41) is 26.5. The van der Waals surface area contributed by atoms with Gasteiger partial charge in [-0.15, -0.1) is 0 Å². The van der Waals surface area contributed by atoms with Gasteiger partial charge in [0.05, 0.1) is 30.2 Å². The number of rotatable bonds is 8. The van der Waals surface area contributed by atoms with E-state index < -0.39 is 12.2 Å². The van der Waals surface area contributed by atoms with Crippen LogP contribution in [0.4, 0.5) is 11.4 Å². The van der Waals surface area contributed by atoms with Crippen LogP contribution >= 0.6 is 0 Å². The van der Waals surface area contributed by atoms with Crippen molar-refractivity contribution < 1.29 is 14.9 Å². The highest BCUT2D eigenvalue weighted by Crippen LogP contribution is 2.36. The van der Waals surface area contributed by atoms with Crippen LogP contribution in [-0.2, 0) is 17.8 Å². The summed E-state index contributed by atoms with van der Waals surface area (Å²) in [6.07, 6.45) is -0.902. The molecule has 0 bridgehead atoms. The Bertz CT molecular complexity index is 934. The van der Waals surface area contributed by atoms with E-state index in [1.54, 1.807) is 0 Å². The molecule has 3 atom stereocenters. The summed E-state index contributed by atoms with van der Waals surface area (Å²) in [6, 6.07) is 26.7. The predicted molar refractivity (Wildman–Crippen MR) is 119 cm³/mol. The van der Waals surface area contributed by atoms with Crippen LogP contribution in [0.1, 0.15) is 29.2 Å². The molecule has 0 amide bonds. The second-order valence-corrected chi connectivity index (χ2v) is 7.63. The van der Waals surface area contributed by atoms with E-state index >= 15 is 0 Å². The molecule has 4 rings (SSSR count). The molecule has 30 heavy (non-hydrogen) atoms. The molecule has 0 unspecified atom stereocenters. The molecule has 5 nitrogen and oxygen atoms in total. The van der Waals surface area contributed by atoms with Gasteiger partial charge in [-0.05, 0) is 28.8 Å². The largest absolute Gasteiger partial charge is 0.394 e. The first kappa shape index (κ1) is 20.4. The highest BCUT2D eigenvalue weighted by atomic mass is 16.5. The van der Waals surface area contributed by atoms with Crippen LogP contribution in [0.2, 0.25) is 0 Å². The fraction of sp³-hybridized carbons (Fsp3) is 0.280. The van der Waals surface area contributed by atoms with Gasteiger partial charge in [0, 0.05) is 19.5 Å². The van der Waals surface area contributed by atoms with Gasteiger partial charge < -0.3 is 25.6 Å². The first-order valence-corrected chi connectivity index (χ1v) is 10.4. The van der Waals surface area contributed by atoms with Gasteiger partial charge in [0.1, 0.15) is 6.10 Å². The topological polar surface area (TPSA) is 73.8 Å². The van der Waals surface area contributed by atoms with Gasteiger partial charge in [0.25, 0.3) is 0 Å². The van der Waals surface area contributed by atoms with Gasteiger partial charge in [0.2, 0.25) is 0 Å². The van der Waals surface area contributed by atoms with Crippen molar-refractivity contribution in [2.45, 2.75) is 37.8 Å². The molecule has 1 saturated heterocycles. The maximum Gasteiger partial charge on any atom is 0.107 e. The molecule has 4 N–H and O–H groups in total. The SMILES string of the molecule is OC[C@H]1O[C@@H](c2ccc(NCc3ccccc3)c(NCc3ccccc3)c2)C[C@@H]1O. The standard InChI is InChI=1S/C25H28N2O3/c28-17-25-23(29)14-24(30-25)20-11-12-21(26-15-18-7-3-1-4-8-18)22(13-20)27-16-19-9-5-2-6-10-19/h1-13,23-29H,14-17H2/t23-,24+,25+/m0/s1. The molecule has 1 fully saturated rings. The molecular formula is C25H28N2O3. The number of aliphatic hydroxyl groups excluding tert-OH is 2. The van der Waals surface area contributed by atoms with Crippen molar-refractivity contribution in [2.24, 2.45) is 0 Å². The second kappa shape index (κ2) is 9.76. The number of aliphatic hydroxyl groups is 2. The van der Waals surface area contributed by atoms with Crippen molar-refractivity contribution in [2.75, 3.05) is 17.2 Å². The quantitative estimate of drug-likeness (QED) is 0.455. The Kier molecular flexibility index (Phi) is 6.64. The summed E-state index contributed by atoms with van der Waals surface area (Å²) >= 11 is 0. The molecule has 0 radical (unpaired) electrons. The lowest BCUT2D eigenvalue weighted by Crippen LogP contribution is -2.24. The van der Waals surface area contributed by atoms with E-state index in [4.69, 9.17) is 4.74 Å². The fourth-order valence-corrected chi connectivity index (χ4v) is 3.76. The number of ether oxygens (including phenoxy) is 1. The zero-order chi connectivity index (χ0) is 20.8. The van der Waals surface area contributed by atoms with Gasteiger partial charge in [-0.2, -0.15) is 0 Å². The van der Waals surface area contributed by atoms with E-state index in [-0.39, 0.29) is 12.7 Å². The normalized spacial score (nSPS) is 20.8. The highest BCUT2D eigenvalue weighted by molar-refractivity contribution is 5.70. The zero-order valence-electron chi connectivity index (χ0n) is 16.9. The van der Waals surface area contributed by atoms with Crippen molar-refractivity contribution in [3.8, 4) is 0 Å². The lowest BCUT2D eigenvalue weighted by atomic mass is 10.0. The Morgan fingerprint density at radius 1 is 0.800 bits per heavy atom. The fourth-order valence-electron chi connectivity index (χ4n) is 3.76. The van der Waals surface area contributed by atoms with Crippen LogP contribution in [0.5, 0.6) is 0 Å². The minimum atomic E-state index is -0.642. The van der Waals surface area contributed by atoms with E-state index in [2.05, 4.69) is 41.0 Å². The van der Waals surface area contributed by atoms with Crippen molar-refractivity contribution in [3.05, 3.63) is 95.6 Å². The molecule has 0 aromatic heterocycles. The van der Waals surface area contributed by atoms with Crippen LogP contribution in [0.25, 0.3) is 0 Å². The number of anilines is 2. The van der Waals surface area contributed by atoms with E-state index in [9.17, 15) is 10.2 Å². The number of hydrogen-bond acceptors (Lipinski definition) is 5. The number of hydrogen-bond donors (Lipinski definition) is 4.